The van der Waals surface area contributed by atoms with E-state index in [9.17, 15) is 9.18 Å². The molecular weight excluding hydrogens is 273 g/mol. The van der Waals surface area contributed by atoms with Gasteiger partial charge in [-0.2, -0.15) is 0 Å². The van der Waals surface area contributed by atoms with Crippen LogP contribution in [-0.2, 0) is 11.3 Å². The number of hydrogen-bond donors (Lipinski definition) is 2. The molecule has 1 unspecified atom stereocenters. The first-order valence-corrected chi connectivity index (χ1v) is 7.16. The average molecular weight is 295 g/mol. The fourth-order valence-electron chi connectivity index (χ4n) is 2.67. The summed E-state index contributed by atoms with van der Waals surface area (Å²) in [5.74, 6) is 4.86. The molecule has 0 bridgehead atoms. The summed E-state index contributed by atoms with van der Waals surface area (Å²) in [7, 11) is 1.95. The molecule has 1 aromatic carbocycles. The Morgan fingerprint density at radius 2 is 2.38 bits per heavy atom. The molecule has 0 aromatic heterocycles. The third-order valence-electron chi connectivity index (χ3n) is 3.70. The third kappa shape index (κ3) is 4.49. The minimum absolute atomic E-state index is 0.310. The van der Waals surface area contributed by atoms with E-state index in [-0.39, 0.29) is 5.82 Å². The molecule has 1 aliphatic rings. The Hall–Kier alpha value is -1.50. The number of benzene rings is 1. The van der Waals surface area contributed by atoms with Gasteiger partial charge in [-0.1, -0.05) is 0 Å². The fourth-order valence-corrected chi connectivity index (χ4v) is 2.67. The van der Waals surface area contributed by atoms with Gasteiger partial charge in [0.05, 0.1) is 6.61 Å². The number of carbonyl (C=O) groups is 1. The Labute approximate surface area is 124 Å². The van der Waals surface area contributed by atoms with Gasteiger partial charge in [0, 0.05) is 30.8 Å². The van der Waals surface area contributed by atoms with Gasteiger partial charge in [0.25, 0.3) is 5.91 Å². The molecule has 0 radical (unpaired) electrons. The normalized spacial score (nSPS) is 18.8. The molecule has 1 fully saturated rings. The highest BCUT2D eigenvalue weighted by Gasteiger charge is 2.17. The van der Waals surface area contributed by atoms with Gasteiger partial charge in [-0.3, -0.25) is 10.2 Å². The number of carbonyl (C=O) groups excluding carboxylic acids is 1. The molecule has 2 rings (SSSR count). The second-order valence-electron chi connectivity index (χ2n) is 5.56. The van der Waals surface area contributed by atoms with Crippen LogP contribution >= 0.6 is 0 Å². The van der Waals surface area contributed by atoms with Crippen molar-refractivity contribution in [2.75, 3.05) is 26.8 Å². The summed E-state index contributed by atoms with van der Waals surface area (Å²) in [4.78, 5) is 13.5. The zero-order chi connectivity index (χ0) is 15.2. The Morgan fingerprint density at radius 1 is 1.57 bits per heavy atom. The van der Waals surface area contributed by atoms with E-state index in [1.54, 1.807) is 6.07 Å². The van der Waals surface area contributed by atoms with Gasteiger partial charge >= 0.3 is 0 Å². The van der Waals surface area contributed by atoms with Crippen LogP contribution in [0.4, 0.5) is 4.39 Å². The van der Waals surface area contributed by atoms with E-state index in [0.717, 1.165) is 32.6 Å². The zero-order valence-corrected chi connectivity index (χ0v) is 12.3. The van der Waals surface area contributed by atoms with Crippen LogP contribution in [0.5, 0.6) is 0 Å². The maximum Gasteiger partial charge on any atom is 0.265 e. The summed E-state index contributed by atoms with van der Waals surface area (Å²) in [6.45, 7) is 2.91. The van der Waals surface area contributed by atoms with Gasteiger partial charge in [-0.25, -0.2) is 10.2 Å². The number of hydrazine groups is 1. The Morgan fingerprint density at radius 3 is 3.05 bits per heavy atom. The highest BCUT2D eigenvalue weighted by atomic mass is 19.1. The fraction of sp³-hybridized carbons (Fsp3) is 0.533. The van der Waals surface area contributed by atoms with Gasteiger partial charge in [0.1, 0.15) is 5.82 Å². The lowest BCUT2D eigenvalue weighted by Crippen LogP contribution is -2.31. The van der Waals surface area contributed by atoms with Crippen molar-refractivity contribution in [1.29, 1.82) is 0 Å². The number of rotatable bonds is 5. The molecule has 1 aliphatic heterocycles. The van der Waals surface area contributed by atoms with Crippen molar-refractivity contribution in [2.45, 2.75) is 19.4 Å². The predicted molar refractivity (Wildman–Crippen MR) is 77.9 cm³/mol. The van der Waals surface area contributed by atoms with E-state index in [0.29, 0.717) is 23.6 Å². The number of halogens is 1. The quantitative estimate of drug-likeness (QED) is 0.488. The third-order valence-corrected chi connectivity index (χ3v) is 3.70. The van der Waals surface area contributed by atoms with Crippen LogP contribution in [0.1, 0.15) is 28.8 Å². The summed E-state index contributed by atoms with van der Waals surface area (Å²) < 4.78 is 19.3. The van der Waals surface area contributed by atoms with Crippen LogP contribution in [0.25, 0.3) is 0 Å². The highest BCUT2D eigenvalue weighted by molar-refractivity contribution is 5.93. The van der Waals surface area contributed by atoms with E-state index < -0.39 is 5.91 Å². The lowest BCUT2D eigenvalue weighted by molar-refractivity contribution is 0.0410. The Kier molecular flexibility index (Phi) is 5.67. The summed E-state index contributed by atoms with van der Waals surface area (Å²) in [5, 5.41) is 0. The predicted octanol–water partition coefficient (Wildman–Crippen LogP) is 1.29. The summed E-state index contributed by atoms with van der Waals surface area (Å²) >= 11 is 0. The molecule has 1 saturated heterocycles. The number of hydrogen-bond acceptors (Lipinski definition) is 4. The standard InChI is InChI=1S/C15H22FN3O2/c1-19(8-11-3-2-6-21-10-11)9-13-7-12(15(20)18-17)4-5-14(13)16/h4-5,7,11H,2-3,6,8-10,17H2,1H3,(H,18,20). The van der Waals surface area contributed by atoms with Crippen molar-refractivity contribution in [2.24, 2.45) is 11.8 Å². The molecule has 5 nitrogen and oxygen atoms in total. The molecule has 0 spiro atoms. The van der Waals surface area contributed by atoms with Crippen molar-refractivity contribution in [3.05, 3.63) is 35.1 Å². The second kappa shape index (κ2) is 7.49. The number of nitrogens with one attached hydrogen (secondary N) is 1. The molecular formula is C15H22FN3O2. The van der Waals surface area contributed by atoms with Crippen LogP contribution < -0.4 is 11.3 Å². The summed E-state index contributed by atoms with van der Waals surface area (Å²) in [5.41, 5.74) is 2.92. The molecule has 1 amide bonds. The molecule has 21 heavy (non-hydrogen) atoms. The SMILES string of the molecule is CN(Cc1cc(C(=O)NN)ccc1F)CC1CCCOC1. The first kappa shape index (κ1) is 15.9. The first-order valence-electron chi connectivity index (χ1n) is 7.16. The van der Waals surface area contributed by atoms with Crippen molar-refractivity contribution >= 4 is 5.91 Å². The van der Waals surface area contributed by atoms with E-state index in [2.05, 4.69) is 10.3 Å². The first-order chi connectivity index (χ1) is 10.1. The lowest BCUT2D eigenvalue weighted by atomic mass is 10.0. The monoisotopic (exact) mass is 295 g/mol. The number of nitrogen functional groups attached to an aromatic ring is 1. The molecule has 0 aliphatic carbocycles. The van der Waals surface area contributed by atoms with Crippen LogP contribution in [0.2, 0.25) is 0 Å². The number of nitrogens with zero attached hydrogens (tertiary/aromatic N) is 1. The molecule has 1 atom stereocenters. The van der Waals surface area contributed by atoms with Gasteiger partial charge in [0.15, 0.2) is 0 Å². The van der Waals surface area contributed by atoms with Gasteiger partial charge in [-0.15, -0.1) is 0 Å². The van der Waals surface area contributed by atoms with Crippen LogP contribution in [0.3, 0.4) is 0 Å². The Balaban J connectivity index is 1.98. The maximum absolute atomic E-state index is 13.9. The second-order valence-corrected chi connectivity index (χ2v) is 5.56. The molecule has 3 N–H and O–H groups in total. The smallest absolute Gasteiger partial charge is 0.265 e. The highest BCUT2D eigenvalue weighted by Crippen LogP contribution is 2.17. The van der Waals surface area contributed by atoms with Crippen molar-refractivity contribution < 1.29 is 13.9 Å². The molecule has 6 heteroatoms. The van der Waals surface area contributed by atoms with E-state index in [4.69, 9.17) is 10.6 Å². The topological polar surface area (TPSA) is 67.6 Å². The van der Waals surface area contributed by atoms with E-state index in [1.165, 1.54) is 12.1 Å². The average Bonchev–Trinajstić information content (AvgIpc) is 2.49. The molecule has 1 aromatic rings. The minimum Gasteiger partial charge on any atom is -0.381 e. The summed E-state index contributed by atoms with van der Waals surface area (Å²) in [6.07, 6.45) is 2.22. The Bertz CT molecular complexity index is 490. The van der Waals surface area contributed by atoms with Crippen LogP contribution in [-0.4, -0.2) is 37.6 Å². The maximum atomic E-state index is 13.9. The molecule has 0 saturated carbocycles. The molecule has 116 valence electrons. The van der Waals surface area contributed by atoms with Crippen molar-refractivity contribution in [3.8, 4) is 0 Å². The summed E-state index contributed by atoms with van der Waals surface area (Å²) in [6, 6.07) is 4.28. The van der Waals surface area contributed by atoms with Gasteiger partial charge in [-0.05, 0) is 44.0 Å². The van der Waals surface area contributed by atoms with E-state index >= 15 is 0 Å². The zero-order valence-electron chi connectivity index (χ0n) is 12.3. The minimum atomic E-state index is -0.417. The largest absolute Gasteiger partial charge is 0.381 e. The van der Waals surface area contributed by atoms with Crippen LogP contribution in [0, 0.1) is 11.7 Å². The van der Waals surface area contributed by atoms with Crippen LogP contribution in [0.15, 0.2) is 18.2 Å². The van der Waals surface area contributed by atoms with Crippen molar-refractivity contribution in [1.82, 2.24) is 10.3 Å². The lowest BCUT2D eigenvalue weighted by Gasteiger charge is -2.27. The number of ether oxygens (including phenoxy) is 1. The van der Waals surface area contributed by atoms with Gasteiger partial charge < -0.3 is 9.64 Å². The number of amides is 1. The molecule has 1 heterocycles. The van der Waals surface area contributed by atoms with Gasteiger partial charge in [0.2, 0.25) is 0 Å². The number of nitrogens with two attached hydrogens (primary N) is 1. The van der Waals surface area contributed by atoms with E-state index in [1.807, 2.05) is 7.05 Å². The van der Waals surface area contributed by atoms with Crippen molar-refractivity contribution in [3.63, 3.8) is 0 Å².